The topological polar surface area (TPSA) is 54.5 Å². The molecule has 0 aliphatic carbocycles. The van der Waals surface area contributed by atoms with Crippen molar-refractivity contribution in [2.75, 3.05) is 0 Å². The molecule has 0 unspecified atom stereocenters. The fourth-order valence-electron chi connectivity index (χ4n) is 0.765. The largest absolute Gasteiger partial charge is 0.347 e. The molecule has 2 aromatic heterocycles. The first-order valence-electron chi connectivity index (χ1n) is 2.69. The van der Waals surface area contributed by atoms with Gasteiger partial charge in [-0.2, -0.15) is 0 Å². The number of nitrogens with zero attached hydrogens (tertiary/aromatic N) is 3. The quantitative estimate of drug-likeness (QED) is 0.691. The van der Waals surface area contributed by atoms with Crippen LogP contribution in [0.1, 0.15) is 0 Å². The maximum absolute atomic E-state index is 3.78. The summed E-state index contributed by atoms with van der Waals surface area (Å²) in [7, 11) is 0. The number of fused-ring (bicyclic) bond motifs is 1. The van der Waals surface area contributed by atoms with Crippen LogP contribution in [0.2, 0.25) is 0 Å². The number of aromatic amines is 1. The molecule has 0 amide bonds. The minimum atomic E-state index is 0.821. The van der Waals surface area contributed by atoms with Crippen molar-refractivity contribution in [3.63, 3.8) is 0 Å². The normalized spacial score (nSPS) is 10.5. The van der Waals surface area contributed by atoms with Crippen LogP contribution in [0.4, 0.5) is 0 Å². The van der Waals surface area contributed by atoms with Gasteiger partial charge in [0.25, 0.3) is 0 Å². The summed E-state index contributed by atoms with van der Waals surface area (Å²) in [5.74, 6) is 0. The molecule has 50 valence electrons. The summed E-state index contributed by atoms with van der Waals surface area (Å²) in [6, 6.07) is 1.85. The standard InChI is InChI=1S/C5H3BrN4/c6-5-1-3-4(8-5)2-7-10-9-3/h1-2,8H. The predicted molar refractivity (Wildman–Crippen MR) is 39.4 cm³/mol. The Bertz CT molecular complexity index is 322. The average molecular weight is 199 g/mol. The van der Waals surface area contributed by atoms with E-state index in [1.807, 2.05) is 6.07 Å². The first-order chi connectivity index (χ1) is 4.86. The molecule has 0 fully saturated rings. The van der Waals surface area contributed by atoms with Crippen LogP contribution in [-0.4, -0.2) is 20.4 Å². The number of nitrogens with one attached hydrogen (secondary N) is 1. The molecule has 2 aromatic rings. The van der Waals surface area contributed by atoms with Gasteiger partial charge in [0.15, 0.2) is 0 Å². The second-order valence-electron chi connectivity index (χ2n) is 1.85. The Morgan fingerprint density at radius 1 is 1.50 bits per heavy atom. The molecule has 1 N–H and O–H groups in total. The van der Waals surface area contributed by atoms with Crippen molar-refractivity contribution in [2.24, 2.45) is 0 Å². The fourth-order valence-corrected chi connectivity index (χ4v) is 1.20. The van der Waals surface area contributed by atoms with Crippen LogP contribution >= 0.6 is 15.9 Å². The second kappa shape index (κ2) is 2.02. The van der Waals surface area contributed by atoms with E-state index in [9.17, 15) is 0 Å². The summed E-state index contributed by atoms with van der Waals surface area (Å²) in [6.07, 6.45) is 1.63. The number of halogens is 1. The van der Waals surface area contributed by atoms with E-state index in [1.54, 1.807) is 6.20 Å². The van der Waals surface area contributed by atoms with Gasteiger partial charge in [-0.1, -0.05) is 0 Å². The Hall–Kier alpha value is -0.970. The molecular formula is C5H3BrN4. The van der Waals surface area contributed by atoms with Crippen LogP contribution in [-0.2, 0) is 0 Å². The Kier molecular flexibility index (Phi) is 1.17. The van der Waals surface area contributed by atoms with E-state index in [1.165, 1.54) is 0 Å². The molecular weight excluding hydrogens is 196 g/mol. The van der Waals surface area contributed by atoms with Crippen LogP contribution in [0.3, 0.4) is 0 Å². The van der Waals surface area contributed by atoms with Crippen molar-refractivity contribution in [2.45, 2.75) is 0 Å². The highest BCUT2D eigenvalue weighted by atomic mass is 79.9. The number of rotatable bonds is 0. The maximum Gasteiger partial charge on any atom is 0.115 e. The van der Waals surface area contributed by atoms with Gasteiger partial charge < -0.3 is 4.98 Å². The highest BCUT2D eigenvalue weighted by Crippen LogP contribution is 2.14. The van der Waals surface area contributed by atoms with Crippen molar-refractivity contribution in [1.82, 2.24) is 20.4 Å². The molecule has 0 aliphatic heterocycles. The summed E-state index contributed by atoms with van der Waals surface area (Å²) in [6.45, 7) is 0. The van der Waals surface area contributed by atoms with E-state index in [-0.39, 0.29) is 0 Å². The zero-order chi connectivity index (χ0) is 6.97. The molecule has 0 saturated carbocycles. The molecule has 10 heavy (non-hydrogen) atoms. The zero-order valence-corrected chi connectivity index (χ0v) is 6.46. The highest BCUT2D eigenvalue weighted by molar-refractivity contribution is 9.10. The number of hydrogen-bond donors (Lipinski definition) is 1. The smallest absolute Gasteiger partial charge is 0.115 e. The van der Waals surface area contributed by atoms with Crippen LogP contribution in [0.15, 0.2) is 16.9 Å². The lowest BCUT2D eigenvalue weighted by atomic mass is 10.5. The lowest BCUT2D eigenvalue weighted by Gasteiger charge is -1.80. The third kappa shape index (κ3) is 0.786. The Balaban J connectivity index is 2.88. The van der Waals surface area contributed by atoms with Gasteiger partial charge in [-0.25, -0.2) is 0 Å². The molecule has 0 atom stereocenters. The van der Waals surface area contributed by atoms with Crippen LogP contribution < -0.4 is 0 Å². The van der Waals surface area contributed by atoms with E-state index < -0.39 is 0 Å². The van der Waals surface area contributed by atoms with Crippen molar-refractivity contribution in [3.05, 3.63) is 16.9 Å². The average Bonchev–Trinajstić information content (AvgIpc) is 2.27. The summed E-state index contributed by atoms with van der Waals surface area (Å²) < 4.78 is 0.893. The lowest BCUT2D eigenvalue weighted by molar-refractivity contribution is 0.895. The van der Waals surface area contributed by atoms with Gasteiger partial charge in [0.2, 0.25) is 0 Å². The third-order valence-electron chi connectivity index (χ3n) is 1.18. The minimum absolute atomic E-state index is 0.821. The molecule has 0 bridgehead atoms. The summed E-state index contributed by atoms with van der Waals surface area (Å²) in [5.41, 5.74) is 1.71. The molecule has 0 spiro atoms. The molecule has 0 aromatic carbocycles. The zero-order valence-electron chi connectivity index (χ0n) is 4.87. The van der Waals surface area contributed by atoms with Crippen LogP contribution in [0.5, 0.6) is 0 Å². The number of hydrogen-bond acceptors (Lipinski definition) is 3. The first-order valence-corrected chi connectivity index (χ1v) is 3.48. The Morgan fingerprint density at radius 3 is 3.20 bits per heavy atom. The molecule has 2 heterocycles. The van der Waals surface area contributed by atoms with E-state index in [0.717, 1.165) is 15.6 Å². The van der Waals surface area contributed by atoms with Gasteiger partial charge in [-0.15, -0.1) is 10.2 Å². The van der Waals surface area contributed by atoms with Gasteiger partial charge in [0, 0.05) is 0 Å². The number of H-pyrrole nitrogens is 1. The van der Waals surface area contributed by atoms with Crippen molar-refractivity contribution in [3.8, 4) is 0 Å². The van der Waals surface area contributed by atoms with Crippen LogP contribution in [0, 0.1) is 0 Å². The summed E-state index contributed by atoms with van der Waals surface area (Å²) in [5, 5.41) is 10.9. The van der Waals surface area contributed by atoms with Crippen molar-refractivity contribution < 1.29 is 0 Å². The van der Waals surface area contributed by atoms with E-state index in [0.29, 0.717) is 0 Å². The summed E-state index contributed by atoms with van der Waals surface area (Å²) >= 11 is 3.27. The SMILES string of the molecule is Brc1cc2nnncc2[nH]1. The van der Waals surface area contributed by atoms with E-state index in [2.05, 4.69) is 36.3 Å². The predicted octanol–water partition coefficient (Wildman–Crippen LogP) is 1.12. The fraction of sp³-hybridized carbons (Fsp3) is 0. The lowest BCUT2D eigenvalue weighted by Crippen LogP contribution is -1.83. The van der Waals surface area contributed by atoms with E-state index >= 15 is 0 Å². The van der Waals surface area contributed by atoms with Crippen molar-refractivity contribution in [1.29, 1.82) is 0 Å². The van der Waals surface area contributed by atoms with E-state index in [4.69, 9.17) is 0 Å². The van der Waals surface area contributed by atoms with Crippen molar-refractivity contribution >= 4 is 27.0 Å². The monoisotopic (exact) mass is 198 g/mol. The molecule has 5 heteroatoms. The molecule has 0 radical (unpaired) electrons. The van der Waals surface area contributed by atoms with Gasteiger partial charge in [0.05, 0.1) is 16.3 Å². The van der Waals surface area contributed by atoms with Gasteiger partial charge in [0.1, 0.15) is 5.52 Å². The Morgan fingerprint density at radius 2 is 2.40 bits per heavy atom. The Labute approximate surface area is 64.8 Å². The van der Waals surface area contributed by atoms with Gasteiger partial charge >= 0.3 is 0 Å². The molecule has 0 aliphatic rings. The van der Waals surface area contributed by atoms with Crippen LogP contribution in [0.25, 0.3) is 11.0 Å². The minimum Gasteiger partial charge on any atom is -0.347 e. The second-order valence-corrected chi connectivity index (χ2v) is 2.70. The third-order valence-corrected chi connectivity index (χ3v) is 1.61. The van der Waals surface area contributed by atoms with Gasteiger partial charge in [-0.3, -0.25) is 0 Å². The first kappa shape index (κ1) is 5.79. The highest BCUT2D eigenvalue weighted by Gasteiger charge is 1.97. The molecule has 0 saturated heterocycles. The maximum atomic E-state index is 3.78. The number of aromatic nitrogens is 4. The molecule has 2 rings (SSSR count). The summed E-state index contributed by atoms with van der Waals surface area (Å²) in [4.78, 5) is 3.01. The molecule has 4 nitrogen and oxygen atoms in total. The van der Waals surface area contributed by atoms with Gasteiger partial charge in [-0.05, 0) is 27.2 Å².